The number of hydrogen-bond donors (Lipinski definition) is 1. The van der Waals surface area contributed by atoms with E-state index in [1.165, 1.54) is 6.26 Å². The molecule has 1 fully saturated rings. The van der Waals surface area contributed by atoms with Gasteiger partial charge in [-0.05, 0) is 41.8 Å². The number of hydrogen-bond acceptors (Lipinski definition) is 5. The first-order chi connectivity index (χ1) is 12.4. The van der Waals surface area contributed by atoms with Crippen molar-refractivity contribution in [2.75, 3.05) is 32.4 Å². The minimum absolute atomic E-state index is 0.0291. The minimum atomic E-state index is -3.32. The Balaban J connectivity index is 1.91. The van der Waals surface area contributed by atoms with E-state index in [-0.39, 0.29) is 6.04 Å². The van der Waals surface area contributed by atoms with E-state index in [2.05, 4.69) is 10.2 Å². The van der Waals surface area contributed by atoms with E-state index < -0.39 is 20.6 Å². The summed E-state index contributed by atoms with van der Waals surface area (Å²) in [6.07, 6.45) is 1.96. The quantitative estimate of drug-likeness (QED) is 0.846. The first-order valence-electron chi connectivity index (χ1n) is 8.73. The van der Waals surface area contributed by atoms with E-state index in [0.717, 1.165) is 53.5 Å². The number of fused-ring (bicyclic) bond motifs is 2. The van der Waals surface area contributed by atoms with Crippen LogP contribution >= 0.6 is 0 Å². The Bertz CT molecular complexity index is 966. The summed E-state index contributed by atoms with van der Waals surface area (Å²) in [6, 6.07) is 12.9. The standard InChI is InChI=1S/C19H22N2O3S2/c1-26(23,24)15-6-7-19-16(13-15)17(21-10-8-20-9-11-21)12-14-4-2-3-5-18(14)25(19)22/h2-7,13,17,20H,8-12H2,1H3. The number of benzene rings is 2. The van der Waals surface area contributed by atoms with Crippen molar-refractivity contribution < 1.29 is 12.6 Å². The lowest BCUT2D eigenvalue weighted by Gasteiger charge is -2.35. The van der Waals surface area contributed by atoms with E-state index in [1.54, 1.807) is 18.2 Å². The summed E-state index contributed by atoms with van der Waals surface area (Å²) in [4.78, 5) is 4.23. The van der Waals surface area contributed by atoms with Gasteiger partial charge in [0.2, 0.25) is 0 Å². The van der Waals surface area contributed by atoms with Gasteiger partial charge >= 0.3 is 0 Å². The second kappa shape index (κ2) is 6.88. The van der Waals surface area contributed by atoms with Gasteiger partial charge in [-0.1, -0.05) is 18.2 Å². The Morgan fingerprint density at radius 3 is 2.54 bits per heavy atom. The largest absolute Gasteiger partial charge is 0.314 e. The third kappa shape index (κ3) is 3.24. The first-order valence-corrected chi connectivity index (χ1v) is 11.8. The van der Waals surface area contributed by atoms with Gasteiger partial charge in [0.1, 0.15) is 0 Å². The summed E-state index contributed by atoms with van der Waals surface area (Å²) in [6.45, 7) is 3.59. The number of nitrogens with one attached hydrogen (secondary N) is 1. The average molecular weight is 391 g/mol. The molecule has 2 unspecified atom stereocenters. The molecular formula is C19H22N2O3S2. The Morgan fingerprint density at radius 1 is 1.08 bits per heavy atom. The number of sulfone groups is 1. The summed E-state index contributed by atoms with van der Waals surface area (Å²) in [5.74, 6) is 0. The lowest BCUT2D eigenvalue weighted by molar-refractivity contribution is 0.170. The van der Waals surface area contributed by atoms with Crippen LogP contribution in [-0.4, -0.2) is 50.0 Å². The molecule has 1 N–H and O–H groups in total. The van der Waals surface area contributed by atoms with Gasteiger partial charge in [-0.3, -0.25) is 4.90 Å². The number of nitrogens with zero attached hydrogens (tertiary/aromatic N) is 1. The fraction of sp³-hybridized carbons (Fsp3) is 0.368. The van der Waals surface area contributed by atoms with Crippen LogP contribution in [0.5, 0.6) is 0 Å². The molecule has 0 aliphatic carbocycles. The zero-order valence-electron chi connectivity index (χ0n) is 14.6. The maximum absolute atomic E-state index is 13.2. The molecule has 2 aliphatic rings. The molecule has 2 atom stereocenters. The molecule has 5 nitrogen and oxygen atoms in total. The van der Waals surface area contributed by atoms with Crippen molar-refractivity contribution in [2.45, 2.75) is 27.1 Å². The van der Waals surface area contributed by atoms with Crippen LogP contribution in [0, 0.1) is 0 Å². The van der Waals surface area contributed by atoms with Gasteiger partial charge in [0.25, 0.3) is 0 Å². The zero-order chi connectivity index (χ0) is 18.3. The van der Waals surface area contributed by atoms with Crippen molar-refractivity contribution in [3.8, 4) is 0 Å². The molecule has 0 bridgehead atoms. The molecule has 26 heavy (non-hydrogen) atoms. The average Bonchev–Trinajstić information content (AvgIpc) is 2.77. The summed E-state index contributed by atoms with van der Waals surface area (Å²) < 4.78 is 37.4. The summed E-state index contributed by atoms with van der Waals surface area (Å²) in [5, 5.41) is 3.36. The van der Waals surface area contributed by atoms with Crippen LogP contribution in [0.15, 0.2) is 57.2 Å². The molecule has 138 valence electrons. The molecule has 4 rings (SSSR count). The molecule has 2 aromatic rings. The predicted octanol–water partition coefficient (Wildman–Crippen LogP) is 1.76. The molecule has 0 aromatic heterocycles. The molecule has 2 heterocycles. The highest BCUT2D eigenvalue weighted by molar-refractivity contribution is 7.90. The fourth-order valence-electron chi connectivity index (χ4n) is 3.80. The van der Waals surface area contributed by atoms with Crippen LogP contribution < -0.4 is 5.32 Å². The van der Waals surface area contributed by atoms with E-state index in [9.17, 15) is 12.6 Å². The van der Waals surface area contributed by atoms with Gasteiger partial charge in [-0.15, -0.1) is 0 Å². The van der Waals surface area contributed by atoms with Crippen LogP contribution in [0.3, 0.4) is 0 Å². The second-order valence-corrected chi connectivity index (χ2v) is 10.3. The Hall–Kier alpha value is -1.54. The van der Waals surface area contributed by atoms with Crippen LogP contribution in [-0.2, 0) is 27.1 Å². The molecule has 7 heteroatoms. The van der Waals surface area contributed by atoms with Gasteiger partial charge < -0.3 is 5.32 Å². The maximum atomic E-state index is 13.2. The highest BCUT2D eigenvalue weighted by Crippen LogP contribution is 2.38. The summed E-state index contributed by atoms with van der Waals surface area (Å²) in [5.41, 5.74) is 1.95. The molecule has 0 amide bonds. The maximum Gasteiger partial charge on any atom is 0.175 e. The Labute approximate surface area is 156 Å². The lowest BCUT2D eigenvalue weighted by Crippen LogP contribution is -2.45. The fourth-order valence-corrected chi connectivity index (χ4v) is 5.88. The third-order valence-corrected chi connectivity index (χ3v) is 7.83. The second-order valence-electron chi connectivity index (χ2n) is 6.85. The van der Waals surface area contributed by atoms with Gasteiger partial charge in [0.05, 0.1) is 15.7 Å². The van der Waals surface area contributed by atoms with Crippen LogP contribution in [0.1, 0.15) is 17.2 Å². The highest BCUT2D eigenvalue weighted by atomic mass is 32.2. The summed E-state index contributed by atoms with van der Waals surface area (Å²) in [7, 11) is -4.62. The lowest BCUT2D eigenvalue weighted by atomic mass is 9.97. The van der Waals surface area contributed by atoms with Crippen molar-refractivity contribution in [1.82, 2.24) is 10.2 Å². The van der Waals surface area contributed by atoms with E-state index in [4.69, 9.17) is 0 Å². The minimum Gasteiger partial charge on any atom is -0.314 e. The van der Waals surface area contributed by atoms with Crippen molar-refractivity contribution in [3.63, 3.8) is 0 Å². The zero-order valence-corrected chi connectivity index (χ0v) is 16.3. The van der Waals surface area contributed by atoms with E-state index in [0.29, 0.717) is 4.90 Å². The smallest absolute Gasteiger partial charge is 0.175 e. The molecule has 2 aliphatic heterocycles. The predicted molar refractivity (Wildman–Crippen MR) is 102 cm³/mol. The molecular weight excluding hydrogens is 368 g/mol. The molecule has 2 aromatic carbocycles. The van der Waals surface area contributed by atoms with Gasteiger partial charge in [0, 0.05) is 48.3 Å². The van der Waals surface area contributed by atoms with Crippen LogP contribution in [0.2, 0.25) is 0 Å². The Morgan fingerprint density at radius 2 is 1.81 bits per heavy atom. The highest BCUT2D eigenvalue weighted by Gasteiger charge is 2.31. The number of piperazine rings is 1. The van der Waals surface area contributed by atoms with Crippen molar-refractivity contribution in [1.29, 1.82) is 0 Å². The number of rotatable bonds is 2. The molecule has 0 saturated carbocycles. The van der Waals surface area contributed by atoms with Crippen molar-refractivity contribution >= 4 is 20.6 Å². The van der Waals surface area contributed by atoms with Crippen LogP contribution in [0.25, 0.3) is 0 Å². The molecule has 0 radical (unpaired) electrons. The summed E-state index contributed by atoms with van der Waals surface area (Å²) >= 11 is 0. The third-order valence-electron chi connectivity index (χ3n) is 5.15. The van der Waals surface area contributed by atoms with Gasteiger partial charge in [0.15, 0.2) is 9.84 Å². The van der Waals surface area contributed by atoms with Gasteiger partial charge in [-0.25, -0.2) is 12.6 Å². The topological polar surface area (TPSA) is 66.5 Å². The van der Waals surface area contributed by atoms with E-state index >= 15 is 0 Å². The SMILES string of the molecule is CS(=O)(=O)c1ccc2c(c1)C(N1CCNCC1)Cc1ccccc1S2=O. The van der Waals surface area contributed by atoms with Gasteiger partial charge in [-0.2, -0.15) is 0 Å². The monoisotopic (exact) mass is 390 g/mol. The Kier molecular flexibility index (Phi) is 4.73. The molecule has 1 saturated heterocycles. The first kappa shape index (κ1) is 17.9. The van der Waals surface area contributed by atoms with E-state index in [1.807, 2.05) is 24.3 Å². The normalized spacial score (nSPS) is 23.7. The van der Waals surface area contributed by atoms with Crippen LogP contribution in [0.4, 0.5) is 0 Å². The van der Waals surface area contributed by atoms with Crippen molar-refractivity contribution in [2.24, 2.45) is 0 Å². The molecule has 0 spiro atoms. The van der Waals surface area contributed by atoms with Crippen molar-refractivity contribution in [3.05, 3.63) is 53.6 Å².